The first-order chi connectivity index (χ1) is 9.60. The minimum atomic E-state index is 0.284. The van der Waals surface area contributed by atoms with Gasteiger partial charge in [-0.15, -0.1) is 0 Å². The van der Waals surface area contributed by atoms with Crippen molar-refractivity contribution in [1.82, 2.24) is 0 Å². The van der Waals surface area contributed by atoms with E-state index in [1.807, 2.05) is 19.1 Å². The maximum atomic E-state index is 5.45. The van der Waals surface area contributed by atoms with Crippen molar-refractivity contribution < 1.29 is 4.74 Å². The van der Waals surface area contributed by atoms with Crippen molar-refractivity contribution in [3.8, 4) is 5.75 Å². The quantitative estimate of drug-likeness (QED) is 0.835. The Morgan fingerprint density at radius 3 is 2.30 bits per heavy atom. The Morgan fingerprint density at radius 2 is 1.70 bits per heavy atom. The normalized spacial score (nSPS) is 12.0. The summed E-state index contributed by atoms with van der Waals surface area (Å²) in [6.45, 7) is 9.17. The highest BCUT2D eigenvalue weighted by Gasteiger charge is 2.06. The van der Waals surface area contributed by atoms with Crippen LogP contribution in [0.2, 0.25) is 0 Å². The molecular formula is C18H23NO. The summed E-state index contributed by atoms with van der Waals surface area (Å²) in [6.07, 6.45) is 0. The van der Waals surface area contributed by atoms with E-state index in [2.05, 4.69) is 56.4 Å². The van der Waals surface area contributed by atoms with E-state index in [0.717, 1.165) is 11.4 Å². The standard InChI is InChI=1S/C18H23NO/c1-5-20-18-10-8-17(9-11-18)19-15(4)16-7-6-13(2)14(3)12-16/h6-12,15,19H,5H2,1-4H3. The summed E-state index contributed by atoms with van der Waals surface area (Å²) in [5.41, 5.74) is 5.09. The first-order valence-electron chi connectivity index (χ1n) is 7.16. The van der Waals surface area contributed by atoms with Gasteiger partial charge in [0.2, 0.25) is 0 Å². The van der Waals surface area contributed by atoms with Crippen LogP contribution in [0.3, 0.4) is 0 Å². The number of hydrogen-bond donors (Lipinski definition) is 1. The maximum Gasteiger partial charge on any atom is 0.119 e. The largest absolute Gasteiger partial charge is 0.494 e. The third kappa shape index (κ3) is 3.53. The average molecular weight is 269 g/mol. The first-order valence-corrected chi connectivity index (χ1v) is 7.16. The van der Waals surface area contributed by atoms with Crippen LogP contribution in [-0.2, 0) is 0 Å². The highest BCUT2D eigenvalue weighted by atomic mass is 16.5. The van der Waals surface area contributed by atoms with Crippen molar-refractivity contribution in [2.75, 3.05) is 11.9 Å². The molecule has 0 bridgehead atoms. The molecule has 2 rings (SSSR count). The van der Waals surface area contributed by atoms with Crippen molar-refractivity contribution in [3.05, 3.63) is 59.2 Å². The third-order valence-corrected chi connectivity index (χ3v) is 3.58. The fourth-order valence-corrected chi connectivity index (χ4v) is 2.18. The average Bonchev–Trinajstić information content (AvgIpc) is 2.44. The lowest BCUT2D eigenvalue weighted by molar-refractivity contribution is 0.340. The van der Waals surface area contributed by atoms with Gasteiger partial charge in [0, 0.05) is 11.7 Å². The van der Waals surface area contributed by atoms with Gasteiger partial charge < -0.3 is 10.1 Å². The van der Waals surface area contributed by atoms with E-state index in [1.54, 1.807) is 0 Å². The Hall–Kier alpha value is -1.96. The zero-order chi connectivity index (χ0) is 14.5. The smallest absolute Gasteiger partial charge is 0.119 e. The van der Waals surface area contributed by atoms with Crippen LogP contribution in [0.25, 0.3) is 0 Å². The van der Waals surface area contributed by atoms with Crippen molar-refractivity contribution in [2.24, 2.45) is 0 Å². The second-order valence-corrected chi connectivity index (χ2v) is 5.17. The predicted octanol–water partition coefficient (Wildman–Crippen LogP) is 4.88. The third-order valence-electron chi connectivity index (χ3n) is 3.58. The van der Waals surface area contributed by atoms with Gasteiger partial charge in [-0.3, -0.25) is 0 Å². The number of nitrogens with one attached hydrogen (secondary N) is 1. The Kier molecular flexibility index (Phi) is 4.67. The minimum Gasteiger partial charge on any atom is -0.494 e. The zero-order valence-electron chi connectivity index (χ0n) is 12.7. The topological polar surface area (TPSA) is 21.3 Å². The number of hydrogen-bond acceptors (Lipinski definition) is 2. The van der Waals surface area contributed by atoms with Crippen molar-refractivity contribution >= 4 is 5.69 Å². The SMILES string of the molecule is CCOc1ccc(NC(C)c2ccc(C)c(C)c2)cc1. The lowest BCUT2D eigenvalue weighted by Gasteiger charge is -2.17. The molecule has 0 amide bonds. The Bertz CT molecular complexity index is 560. The number of benzene rings is 2. The molecule has 2 aromatic rings. The van der Waals surface area contributed by atoms with Crippen LogP contribution in [0.1, 0.15) is 36.6 Å². The van der Waals surface area contributed by atoms with Crippen molar-refractivity contribution in [3.63, 3.8) is 0 Å². The van der Waals surface area contributed by atoms with Gasteiger partial charge in [0.1, 0.15) is 5.75 Å². The van der Waals surface area contributed by atoms with Crippen LogP contribution in [-0.4, -0.2) is 6.61 Å². The second kappa shape index (κ2) is 6.47. The fraction of sp³-hybridized carbons (Fsp3) is 0.333. The molecule has 106 valence electrons. The van der Waals surface area contributed by atoms with Gasteiger partial charge in [-0.2, -0.15) is 0 Å². The highest BCUT2D eigenvalue weighted by molar-refractivity contribution is 5.48. The number of aryl methyl sites for hydroxylation is 2. The van der Waals surface area contributed by atoms with E-state index in [9.17, 15) is 0 Å². The number of rotatable bonds is 5. The molecule has 0 fully saturated rings. The summed E-state index contributed by atoms with van der Waals surface area (Å²) in [7, 11) is 0. The molecule has 0 aliphatic carbocycles. The minimum absolute atomic E-state index is 0.284. The predicted molar refractivity (Wildman–Crippen MR) is 85.6 cm³/mol. The summed E-state index contributed by atoms with van der Waals surface area (Å²) >= 11 is 0. The summed E-state index contributed by atoms with van der Waals surface area (Å²) in [6, 6.07) is 15.0. The van der Waals surface area contributed by atoms with E-state index in [-0.39, 0.29) is 6.04 Å². The number of anilines is 1. The van der Waals surface area contributed by atoms with Crippen LogP contribution in [0.15, 0.2) is 42.5 Å². The van der Waals surface area contributed by atoms with E-state index in [0.29, 0.717) is 6.61 Å². The molecule has 2 aromatic carbocycles. The summed E-state index contributed by atoms with van der Waals surface area (Å²) in [5.74, 6) is 0.914. The fourth-order valence-electron chi connectivity index (χ4n) is 2.18. The molecule has 0 aliphatic rings. The molecule has 2 nitrogen and oxygen atoms in total. The lowest BCUT2D eigenvalue weighted by atomic mass is 10.0. The molecule has 0 spiro atoms. The molecule has 20 heavy (non-hydrogen) atoms. The van der Waals surface area contributed by atoms with Gasteiger partial charge in [0.05, 0.1) is 6.61 Å². The molecule has 1 N–H and O–H groups in total. The molecule has 2 heteroatoms. The van der Waals surface area contributed by atoms with Gasteiger partial charge in [0.25, 0.3) is 0 Å². The Labute approximate surface area is 121 Å². The van der Waals surface area contributed by atoms with Crippen LogP contribution in [0.4, 0.5) is 5.69 Å². The highest BCUT2D eigenvalue weighted by Crippen LogP contribution is 2.23. The molecule has 0 saturated heterocycles. The van der Waals surface area contributed by atoms with E-state index < -0.39 is 0 Å². The molecular weight excluding hydrogens is 246 g/mol. The van der Waals surface area contributed by atoms with Gasteiger partial charge in [-0.25, -0.2) is 0 Å². The van der Waals surface area contributed by atoms with Gasteiger partial charge in [-0.05, 0) is 68.7 Å². The summed E-state index contributed by atoms with van der Waals surface area (Å²) in [5, 5.41) is 3.52. The summed E-state index contributed by atoms with van der Waals surface area (Å²) in [4.78, 5) is 0. The lowest BCUT2D eigenvalue weighted by Crippen LogP contribution is -2.07. The molecule has 0 aliphatic heterocycles. The maximum absolute atomic E-state index is 5.45. The van der Waals surface area contributed by atoms with Gasteiger partial charge >= 0.3 is 0 Å². The molecule has 0 aromatic heterocycles. The van der Waals surface area contributed by atoms with Crippen molar-refractivity contribution in [1.29, 1.82) is 0 Å². The van der Waals surface area contributed by atoms with Crippen LogP contribution < -0.4 is 10.1 Å². The van der Waals surface area contributed by atoms with Gasteiger partial charge in [-0.1, -0.05) is 18.2 Å². The van der Waals surface area contributed by atoms with Crippen LogP contribution >= 0.6 is 0 Å². The van der Waals surface area contributed by atoms with Crippen molar-refractivity contribution in [2.45, 2.75) is 33.7 Å². The zero-order valence-corrected chi connectivity index (χ0v) is 12.7. The van der Waals surface area contributed by atoms with Gasteiger partial charge in [0.15, 0.2) is 0 Å². The molecule has 0 saturated carbocycles. The molecule has 0 radical (unpaired) electrons. The van der Waals surface area contributed by atoms with E-state index in [4.69, 9.17) is 4.74 Å². The van der Waals surface area contributed by atoms with Crippen LogP contribution in [0.5, 0.6) is 5.75 Å². The Morgan fingerprint density at radius 1 is 1.00 bits per heavy atom. The molecule has 1 unspecified atom stereocenters. The monoisotopic (exact) mass is 269 g/mol. The number of ether oxygens (including phenoxy) is 1. The first kappa shape index (κ1) is 14.4. The molecule has 0 heterocycles. The molecule has 1 atom stereocenters. The second-order valence-electron chi connectivity index (χ2n) is 5.17. The van der Waals surface area contributed by atoms with E-state index in [1.165, 1.54) is 16.7 Å². The van der Waals surface area contributed by atoms with E-state index >= 15 is 0 Å². The van der Waals surface area contributed by atoms with Crippen LogP contribution in [0, 0.1) is 13.8 Å². The Balaban J connectivity index is 2.06. The summed E-state index contributed by atoms with van der Waals surface area (Å²) < 4.78 is 5.45.